The van der Waals surface area contributed by atoms with E-state index in [0.717, 1.165) is 18.8 Å². The zero-order valence-electron chi connectivity index (χ0n) is 12.8. The van der Waals surface area contributed by atoms with Crippen molar-refractivity contribution in [3.63, 3.8) is 0 Å². The molecule has 0 radical (unpaired) electrons. The summed E-state index contributed by atoms with van der Waals surface area (Å²) in [6.45, 7) is 0. The van der Waals surface area contributed by atoms with Gasteiger partial charge in [-0.3, -0.25) is 4.79 Å². The molecule has 0 aromatic heterocycles. The van der Waals surface area contributed by atoms with Crippen molar-refractivity contribution in [2.24, 2.45) is 5.92 Å². The second kappa shape index (κ2) is 5.88. The Morgan fingerprint density at radius 3 is 2.57 bits per heavy atom. The Bertz CT molecular complexity index is 505. The summed E-state index contributed by atoms with van der Waals surface area (Å²) < 4.78 is 23.2. The Morgan fingerprint density at radius 2 is 1.86 bits per heavy atom. The van der Waals surface area contributed by atoms with Crippen LogP contribution >= 0.6 is 0 Å². The molecule has 1 aliphatic carbocycles. The van der Waals surface area contributed by atoms with Crippen molar-refractivity contribution in [1.29, 1.82) is 0 Å². The first-order valence-electron chi connectivity index (χ1n) is 8.19. The Balaban J connectivity index is 1.60. The van der Waals surface area contributed by atoms with E-state index in [1.807, 2.05) is 0 Å². The van der Waals surface area contributed by atoms with Crippen LogP contribution in [0.3, 0.4) is 0 Å². The number of amides is 1. The molecule has 2 heterocycles. The average molecular weight is 314 g/mol. The van der Waals surface area contributed by atoms with Crippen molar-refractivity contribution in [3.05, 3.63) is 0 Å². The molecular weight excluding hydrogens is 288 g/mol. The van der Waals surface area contributed by atoms with Crippen LogP contribution in [0.1, 0.15) is 44.9 Å². The topological polar surface area (TPSA) is 66.5 Å². The molecule has 3 fully saturated rings. The molecule has 1 saturated carbocycles. The van der Waals surface area contributed by atoms with Gasteiger partial charge in [-0.1, -0.05) is 12.8 Å². The van der Waals surface area contributed by atoms with Crippen LogP contribution in [-0.4, -0.2) is 55.9 Å². The minimum Gasteiger partial charge on any atom is -0.340 e. The second-order valence-corrected chi connectivity index (χ2v) is 9.18. The molecule has 0 aromatic rings. The van der Waals surface area contributed by atoms with Gasteiger partial charge in [0.2, 0.25) is 5.91 Å². The van der Waals surface area contributed by atoms with Crippen molar-refractivity contribution in [2.75, 3.05) is 18.6 Å². The molecule has 4 unspecified atom stereocenters. The first-order valence-corrected chi connectivity index (χ1v) is 10.0. The maximum atomic E-state index is 12.6. The molecule has 6 heteroatoms. The number of likely N-dealkylation sites (N-methyl/N-ethyl adjacent to an activating group) is 1. The lowest BCUT2D eigenvalue weighted by Crippen LogP contribution is -2.56. The van der Waals surface area contributed by atoms with Gasteiger partial charge >= 0.3 is 0 Å². The van der Waals surface area contributed by atoms with Gasteiger partial charge in [0.25, 0.3) is 0 Å². The molecule has 4 atom stereocenters. The van der Waals surface area contributed by atoms with Crippen LogP contribution in [0.15, 0.2) is 0 Å². The highest BCUT2D eigenvalue weighted by atomic mass is 32.2. The number of hydrogen-bond donors (Lipinski definition) is 1. The minimum atomic E-state index is -2.94. The van der Waals surface area contributed by atoms with E-state index in [1.165, 1.54) is 25.7 Å². The van der Waals surface area contributed by atoms with Gasteiger partial charge in [-0.15, -0.1) is 0 Å². The first kappa shape index (κ1) is 15.3. The number of carbonyl (C=O) groups is 1. The third-order valence-electron chi connectivity index (χ3n) is 5.55. The van der Waals surface area contributed by atoms with Crippen molar-refractivity contribution in [2.45, 2.75) is 63.1 Å². The number of carbonyl (C=O) groups excluding carboxylic acids is 1. The van der Waals surface area contributed by atoms with Crippen molar-refractivity contribution >= 4 is 15.7 Å². The fraction of sp³-hybridized carbons (Fsp3) is 0.933. The highest BCUT2D eigenvalue weighted by Gasteiger charge is 2.38. The third-order valence-corrected chi connectivity index (χ3v) is 7.30. The maximum Gasteiger partial charge on any atom is 0.239 e. The molecule has 0 aromatic carbocycles. The van der Waals surface area contributed by atoms with Crippen LogP contribution in [-0.2, 0) is 14.6 Å². The van der Waals surface area contributed by atoms with Gasteiger partial charge in [0, 0.05) is 19.1 Å². The molecule has 3 aliphatic rings. The van der Waals surface area contributed by atoms with Crippen LogP contribution in [0, 0.1) is 5.92 Å². The Labute approximate surface area is 127 Å². The van der Waals surface area contributed by atoms with Gasteiger partial charge in [0.1, 0.15) is 0 Å². The van der Waals surface area contributed by atoms with Crippen LogP contribution in [0.25, 0.3) is 0 Å². The first-order chi connectivity index (χ1) is 9.96. The van der Waals surface area contributed by atoms with Crippen molar-refractivity contribution in [1.82, 2.24) is 10.2 Å². The van der Waals surface area contributed by atoms with Gasteiger partial charge in [-0.05, 0) is 38.0 Å². The summed E-state index contributed by atoms with van der Waals surface area (Å²) in [5.74, 6) is 1.17. The Kier molecular flexibility index (Phi) is 4.28. The van der Waals surface area contributed by atoms with E-state index in [-0.39, 0.29) is 29.5 Å². The second-order valence-electron chi connectivity index (χ2n) is 6.95. The summed E-state index contributed by atoms with van der Waals surface area (Å²) >= 11 is 0. The zero-order chi connectivity index (χ0) is 15.0. The van der Waals surface area contributed by atoms with E-state index in [0.29, 0.717) is 12.5 Å². The van der Waals surface area contributed by atoms with Crippen molar-refractivity contribution < 1.29 is 13.2 Å². The SMILES string of the molecule is CN(C(=O)C1CCC2CCCCC2N1)C1CCS(=O)(=O)C1. The van der Waals surface area contributed by atoms with Crippen LogP contribution in [0.4, 0.5) is 0 Å². The van der Waals surface area contributed by atoms with Gasteiger partial charge < -0.3 is 10.2 Å². The quantitative estimate of drug-likeness (QED) is 0.824. The van der Waals surface area contributed by atoms with E-state index in [1.54, 1.807) is 11.9 Å². The molecule has 120 valence electrons. The lowest BCUT2D eigenvalue weighted by Gasteiger charge is -2.41. The van der Waals surface area contributed by atoms with E-state index in [2.05, 4.69) is 5.32 Å². The predicted octanol–water partition coefficient (Wildman–Crippen LogP) is 0.943. The number of rotatable bonds is 2. The van der Waals surface area contributed by atoms with E-state index in [4.69, 9.17) is 0 Å². The Morgan fingerprint density at radius 1 is 1.10 bits per heavy atom. The highest BCUT2D eigenvalue weighted by molar-refractivity contribution is 7.91. The fourth-order valence-corrected chi connectivity index (χ4v) is 5.97. The standard InChI is InChI=1S/C15H26N2O3S/c1-17(12-8-9-21(19,20)10-12)15(18)14-7-6-11-4-2-3-5-13(11)16-14/h11-14,16H,2-10H2,1H3. The maximum absolute atomic E-state index is 12.6. The van der Waals surface area contributed by atoms with Gasteiger partial charge in [-0.25, -0.2) is 8.42 Å². The van der Waals surface area contributed by atoms with Gasteiger partial charge in [-0.2, -0.15) is 0 Å². The van der Waals surface area contributed by atoms with E-state index >= 15 is 0 Å². The molecule has 3 rings (SSSR count). The molecule has 0 spiro atoms. The normalized spacial score (nSPS) is 38.7. The summed E-state index contributed by atoms with van der Waals surface area (Å²) in [4.78, 5) is 14.3. The lowest BCUT2D eigenvalue weighted by atomic mass is 9.77. The van der Waals surface area contributed by atoms with Crippen LogP contribution < -0.4 is 5.32 Å². The van der Waals surface area contributed by atoms with Crippen molar-refractivity contribution in [3.8, 4) is 0 Å². The summed E-state index contributed by atoms with van der Waals surface area (Å²) in [5.41, 5.74) is 0. The molecule has 1 amide bonds. The smallest absolute Gasteiger partial charge is 0.239 e. The molecule has 2 saturated heterocycles. The lowest BCUT2D eigenvalue weighted by molar-refractivity contribution is -0.135. The number of fused-ring (bicyclic) bond motifs is 1. The highest BCUT2D eigenvalue weighted by Crippen LogP contribution is 2.32. The summed E-state index contributed by atoms with van der Waals surface area (Å²) in [5, 5.41) is 3.54. The zero-order valence-corrected chi connectivity index (χ0v) is 13.6. The fourth-order valence-electron chi connectivity index (χ4n) is 4.20. The molecule has 2 aliphatic heterocycles. The van der Waals surface area contributed by atoms with Gasteiger partial charge in [0.15, 0.2) is 9.84 Å². The number of sulfone groups is 1. The summed E-state index contributed by atoms with van der Waals surface area (Å²) in [6, 6.07) is 0.244. The van der Waals surface area contributed by atoms with E-state index in [9.17, 15) is 13.2 Å². The predicted molar refractivity (Wildman–Crippen MR) is 81.7 cm³/mol. The molecule has 0 bridgehead atoms. The molecule has 5 nitrogen and oxygen atoms in total. The summed E-state index contributed by atoms with van der Waals surface area (Å²) in [6.07, 6.45) is 7.65. The average Bonchev–Trinajstić information content (AvgIpc) is 2.85. The van der Waals surface area contributed by atoms with Crippen LogP contribution in [0.5, 0.6) is 0 Å². The van der Waals surface area contributed by atoms with E-state index < -0.39 is 9.84 Å². The number of nitrogens with zero attached hydrogens (tertiary/aromatic N) is 1. The van der Waals surface area contributed by atoms with Crippen LogP contribution in [0.2, 0.25) is 0 Å². The third kappa shape index (κ3) is 3.26. The molecule has 1 N–H and O–H groups in total. The Hall–Kier alpha value is -0.620. The van der Waals surface area contributed by atoms with Gasteiger partial charge in [0.05, 0.1) is 17.5 Å². The monoisotopic (exact) mass is 314 g/mol. The number of nitrogens with one attached hydrogen (secondary N) is 1. The largest absolute Gasteiger partial charge is 0.340 e. The minimum absolute atomic E-state index is 0.0844. The number of hydrogen-bond acceptors (Lipinski definition) is 4. The molecule has 21 heavy (non-hydrogen) atoms. The number of piperidine rings is 1. The molecular formula is C15H26N2O3S. The summed E-state index contributed by atoms with van der Waals surface area (Å²) in [7, 11) is -1.17.